The topological polar surface area (TPSA) is 118 Å². The summed E-state index contributed by atoms with van der Waals surface area (Å²) in [4.78, 5) is 22.4. The summed E-state index contributed by atoms with van der Waals surface area (Å²) >= 11 is 0. The quantitative estimate of drug-likeness (QED) is 0.582. The van der Waals surface area contributed by atoms with E-state index < -0.39 is 14.9 Å². The maximum atomic E-state index is 12.8. The highest BCUT2D eigenvalue weighted by Gasteiger charge is 2.25. The Morgan fingerprint density at radius 3 is 2.52 bits per heavy atom. The third-order valence-corrected chi connectivity index (χ3v) is 5.90. The predicted molar refractivity (Wildman–Crippen MR) is 100 cm³/mol. The summed E-state index contributed by atoms with van der Waals surface area (Å²) in [5.41, 5.74) is 1.19. The number of anilines is 1. The van der Waals surface area contributed by atoms with Crippen LogP contribution in [-0.2, 0) is 10.0 Å². The van der Waals surface area contributed by atoms with E-state index in [4.69, 9.17) is 0 Å². The van der Waals surface area contributed by atoms with Crippen molar-refractivity contribution in [2.45, 2.75) is 37.6 Å². The Balaban J connectivity index is 1.91. The molecule has 0 bridgehead atoms. The second-order valence-electron chi connectivity index (χ2n) is 6.58. The van der Waals surface area contributed by atoms with Gasteiger partial charge in [-0.05, 0) is 56.0 Å². The van der Waals surface area contributed by atoms with E-state index in [1.165, 1.54) is 18.2 Å². The van der Waals surface area contributed by atoms with E-state index in [-0.39, 0.29) is 28.2 Å². The number of hydrogen-bond donors (Lipinski definition) is 2. The van der Waals surface area contributed by atoms with Gasteiger partial charge in [0, 0.05) is 29.4 Å². The van der Waals surface area contributed by atoms with Gasteiger partial charge in [-0.1, -0.05) is 6.07 Å². The second kappa shape index (κ2) is 6.99. The summed E-state index contributed by atoms with van der Waals surface area (Å²) in [7, 11) is -4.06. The van der Waals surface area contributed by atoms with Gasteiger partial charge in [-0.2, -0.15) is 0 Å². The Kier molecular flexibility index (Phi) is 4.88. The molecule has 1 aliphatic carbocycles. The molecule has 27 heavy (non-hydrogen) atoms. The summed E-state index contributed by atoms with van der Waals surface area (Å²) in [6.45, 7) is 3.21. The van der Waals surface area contributed by atoms with Crippen LogP contribution in [0.2, 0.25) is 0 Å². The van der Waals surface area contributed by atoms with Gasteiger partial charge >= 0.3 is 0 Å². The maximum absolute atomic E-state index is 12.8. The average molecular weight is 389 g/mol. The molecule has 1 amide bonds. The highest BCUT2D eigenvalue weighted by Crippen LogP contribution is 2.27. The minimum atomic E-state index is -4.06. The number of carbonyl (C=O) groups is 1. The fourth-order valence-corrected chi connectivity index (χ4v) is 4.01. The molecular formula is C18H19N3O5S. The lowest BCUT2D eigenvalue weighted by Gasteiger charge is -2.13. The van der Waals surface area contributed by atoms with Gasteiger partial charge in [0.15, 0.2) is 0 Å². The Labute approximate surface area is 156 Å². The van der Waals surface area contributed by atoms with Crippen molar-refractivity contribution < 1.29 is 18.1 Å². The van der Waals surface area contributed by atoms with Crippen molar-refractivity contribution in [1.82, 2.24) is 5.32 Å². The van der Waals surface area contributed by atoms with Crippen molar-refractivity contribution in [1.29, 1.82) is 0 Å². The molecule has 0 saturated heterocycles. The van der Waals surface area contributed by atoms with Gasteiger partial charge in [-0.3, -0.25) is 19.6 Å². The third kappa shape index (κ3) is 4.25. The SMILES string of the molecule is Cc1cc([N+](=O)[O-])cc(S(=O)(=O)Nc2cccc(C(=O)NC3CC3)c2)c1C. The number of nitrogens with zero attached hydrogens (tertiary/aromatic N) is 1. The van der Waals surface area contributed by atoms with E-state index in [1.807, 2.05) is 0 Å². The van der Waals surface area contributed by atoms with Gasteiger partial charge in [-0.15, -0.1) is 0 Å². The Hall–Kier alpha value is -2.94. The monoisotopic (exact) mass is 389 g/mol. The number of amides is 1. The zero-order chi connectivity index (χ0) is 19.8. The Morgan fingerprint density at radius 1 is 1.19 bits per heavy atom. The summed E-state index contributed by atoms with van der Waals surface area (Å²) in [5, 5.41) is 13.9. The normalized spacial score (nSPS) is 13.9. The van der Waals surface area contributed by atoms with Gasteiger partial charge in [0.1, 0.15) is 0 Å². The molecule has 0 unspecified atom stereocenters. The van der Waals surface area contributed by atoms with Gasteiger partial charge in [0.25, 0.3) is 21.6 Å². The van der Waals surface area contributed by atoms with E-state index >= 15 is 0 Å². The fourth-order valence-electron chi connectivity index (χ4n) is 2.62. The van der Waals surface area contributed by atoms with Crippen molar-refractivity contribution in [3.05, 3.63) is 63.2 Å². The molecule has 1 fully saturated rings. The van der Waals surface area contributed by atoms with Crippen molar-refractivity contribution in [2.75, 3.05) is 4.72 Å². The van der Waals surface area contributed by atoms with Crippen LogP contribution in [0.4, 0.5) is 11.4 Å². The molecule has 2 N–H and O–H groups in total. The van der Waals surface area contributed by atoms with Gasteiger partial charge in [0.05, 0.1) is 9.82 Å². The van der Waals surface area contributed by atoms with E-state index in [1.54, 1.807) is 26.0 Å². The number of nitrogens with one attached hydrogen (secondary N) is 2. The minimum Gasteiger partial charge on any atom is -0.349 e. The first kappa shape index (κ1) is 18.8. The predicted octanol–water partition coefficient (Wildman–Crippen LogP) is 2.90. The number of benzene rings is 2. The standard InChI is InChI=1S/C18H19N3O5S/c1-11-8-16(21(23)24)10-17(12(11)2)27(25,26)20-15-5-3-4-13(9-15)18(22)19-14-6-7-14/h3-5,8-10,14,20H,6-7H2,1-2H3,(H,19,22). The van der Waals surface area contributed by atoms with E-state index in [0.29, 0.717) is 16.7 Å². The molecule has 1 aliphatic rings. The number of nitro benzene ring substituents is 1. The van der Waals surface area contributed by atoms with Crippen LogP contribution in [0.5, 0.6) is 0 Å². The highest BCUT2D eigenvalue weighted by molar-refractivity contribution is 7.92. The van der Waals surface area contributed by atoms with E-state index in [0.717, 1.165) is 18.9 Å². The van der Waals surface area contributed by atoms with E-state index in [9.17, 15) is 23.3 Å². The second-order valence-corrected chi connectivity index (χ2v) is 8.23. The largest absolute Gasteiger partial charge is 0.349 e. The lowest BCUT2D eigenvalue weighted by atomic mass is 10.1. The van der Waals surface area contributed by atoms with Crippen LogP contribution in [-0.4, -0.2) is 25.3 Å². The first-order chi connectivity index (χ1) is 12.7. The van der Waals surface area contributed by atoms with Crippen molar-refractivity contribution >= 4 is 27.3 Å². The fraction of sp³-hybridized carbons (Fsp3) is 0.278. The number of non-ortho nitro benzene ring substituents is 1. The first-order valence-electron chi connectivity index (χ1n) is 8.37. The molecule has 142 valence electrons. The molecule has 0 heterocycles. The minimum absolute atomic E-state index is 0.165. The third-order valence-electron chi connectivity index (χ3n) is 4.39. The molecule has 1 saturated carbocycles. The molecule has 3 rings (SSSR count). The average Bonchev–Trinajstić information content (AvgIpc) is 3.40. The molecule has 9 heteroatoms. The molecule has 8 nitrogen and oxygen atoms in total. The molecule has 0 aromatic heterocycles. The summed E-state index contributed by atoms with van der Waals surface area (Å²) < 4.78 is 28.0. The maximum Gasteiger partial charge on any atom is 0.271 e. The lowest BCUT2D eigenvalue weighted by molar-refractivity contribution is -0.385. The Bertz CT molecular complexity index is 1030. The highest BCUT2D eigenvalue weighted by atomic mass is 32.2. The van der Waals surface area contributed by atoms with Crippen LogP contribution in [0.1, 0.15) is 34.3 Å². The van der Waals surface area contributed by atoms with Gasteiger partial charge < -0.3 is 5.32 Å². The van der Waals surface area contributed by atoms with Crippen LogP contribution in [0.15, 0.2) is 41.3 Å². The van der Waals surface area contributed by atoms with Crippen molar-refractivity contribution in [2.24, 2.45) is 0 Å². The molecule has 2 aromatic carbocycles. The summed E-state index contributed by atoms with van der Waals surface area (Å²) in [5.74, 6) is -0.263. The van der Waals surface area contributed by atoms with E-state index in [2.05, 4.69) is 10.0 Å². The number of carbonyl (C=O) groups excluding carboxylic acids is 1. The number of rotatable bonds is 6. The lowest BCUT2D eigenvalue weighted by Crippen LogP contribution is -2.25. The molecule has 0 aliphatic heterocycles. The molecule has 0 atom stereocenters. The van der Waals surface area contributed by atoms with Crippen molar-refractivity contribution in [3.8, 4) is 0 Å². The van der Waals surface area contributed by atoms with Gasteiger partial charge in [0.2, 0.25) is 0 Å². The zero-order valence-corrected chi connectivity index (χ0v) is 15.7. The number of sulfonamides is 1. The molecular weight excluding hydrogens is 370 g/mol. The number of hydrogen-bond acceptors (Lipinski definition) is 5. The Morgan fingerprint density at radius 2 is 1.89 bits per heavy atom. The molecule has 0 spiro atoms. The molecule has 0 radical (unpaired) electrons. The number of nitro groups is 1. The smallest absolute Gasteiger partial charge is 0.271 e. The zero-order valence-electron chi connectivity index (χ0n) is 14.9. The van der Waals surface area contributed by atoms with Gasteiger partial charge in [-0.25, -0.2) is 8.42 Å². The molecule has 2 aromatic rings. The summed E-state index contributed by atoms with van der Waals surface area (Å²) in [6, 6.07) is 8.68. The first-order valence-corrected chi connectivity index (χ1v) is 9.85. The summed E-state index contributed by atoms with van der Waals surface area (Å²) in [6.07, 6.45) is 1.90. The van der Waals surface area contributed by atoms with Crippen LogP contribution in [0.25, 0.3) is 0 Å². The van der Waals surface area contributed by atoms with Crippen LogP contribution < -0.4 is 10.0 Å². The van der Waals surface area contributed by atoms with Crippen molar-refractivity contribution in [3.63, 3.8) is 0 Å². The number of aryl methyl sites for hydroxylation is 1. The van der Waals surface area contributed by atoms with Crippen LogP contribution in [0.3, 0.4) is 0 Å². The van der Waals surface area contributed by atoms with Crippen LogP contribution in [0, 0.1) is 24.0 Å². The van der Waals surface area contributed by atoms with Crippen LogP contribution >= 0.6 is 0 Å².